The number of ketones is 2. The van der Waals surface area contributed by atoms with Crippen LogP contribution >= 0.6 is 0 Å². The number of carbonyl (C=O) groups excluding carboxylic acids is 4. The van der Waals surface area contributed by atoms with Gasteiger partial charge in [-0.25, -0.2) is 4.79 Å². The number of hydrogen-bond acceptors (Lipinski definition) is 7. The van der Waals surface area contributed by atoms with E-state index >= 15 is 0 Å². The van der Waals surface area contributed by atoms with Gasteiger partial charge in [-0.1, -0.05) is 18.2 Å². The number of rotatable bonds is 7. The van der Waals surface area contributed by atoms with Crippen molar-refractivity contribution < 1.29 is 23.9 Å². The monoisotopic (exact) mass is 443 g/mol. The predicted octanol–water partition coefficient (Wildman–Crippen LogP) is 2.46. The van der Waals surface area contributed by atoms with Gasteiger partial charge in [0.25, 0.3) is 5.91 Å². The number of Topliss-reactive ketones (excluding diaryl/α,β-unsaturated/α-hetero) is 2. The van der Waals surface area contributed by atoms with E-state index in [0.29, 0.717) is 23.1 Å². The molecule has 2 aromatic heterocycles. The number of methoxy groups -OCH3 is 1. The Bertz CT molecular complexity index is 1180. The smallest absolute Gasteiger partial charge is 0.337 e. The van der Waals surface area contributed by atoms with Crippen molar-refractivity contribution in [2.75, 3.05) is 13.7 Å². The molecule has 1 aliphatic rings. The van der Waals surface area contributed by atoms with Crippen LogP contribution in [0.1, 0.15) is 38.0 Å². The SMILES string of the molecule is COC(=O)c1ccc(C2C(C(=O)c3ccncc3)C(=O)C(=O)N2CCc2ccccn2)cc1. The van der Waals surface area contributed by atoms with E-state index in [-0.39, 0.29) is 6.54 Å². The summed E-state index contributed by atoms with van der Waals surface area (Å²) in [5.74, 6) is -3.61. The van der Waals surface area contributed by atoms with Gasteiger partial charge in [-0.15, -0.1) is 0 Å². The van der Waals surface area contributed by atoms with Crippen molar-refractivity contribution in [3.63, 3.8) is 0 Å². The van der Waals surface area contributed by atoms with Crippen LogP contribution in [0.3, 0.4) is 0 Å². The zero-order chi connectivity index (χ0) is 23.4. The normalized spacial score (nSPS) is 17.8. The Hall–Kier alpha value is -4.20. The van der Waals surface area contributed by atoms with Crippen molar-refractivity contribution in [1.82, 2.24) is 14.9 Å². The summed E-state index contributed by atoms with van der Waals surface area (Å²) < 4.78 is 4.74. The van der Waals surface area contributed by atoms with E-state index in [0.717, 1.165) is 5.69 Å². The number of benzene rings is 1. The van der Waals surface area contributed by atoms with E-state index in [9.17, 15) is 19.2 Å². The summed E-state index contributed by atoms with van der Waals surface area (Å²) in [5, 5.41) is 0. The fourth-order valence-electron chi connectivity index (χ4n) is 4.01. The number of likely N-dealkylation sites (tertiary alicyclic amines) is 1. The molecule has 0 N–H and O–H groups in total. The molecular weight excluding hydrogens is 422 g/mol. The molecule has 0 saturated carbocycles. The standard InChI is InChI=1S/C25H21N3O5/c1-33-25(32)18-7-5-16(6-8-18)21-20(22(29)17-9-13-26-14-10-17)23(30)24(31)28(21)15-11-19-4-2-3-12-27-19/h2-10,12-14,20-21H,11,15H2,1H3. The van der Waals surface area contributed by atoms with Gasteiger partial charge in [-0.3, -0.25) is 24.4 Å². The highest BCUT2D eigenvalue weighted by Gasteiger charge is 2.51. The van der Waals surface area contributed by atoms with Crippen LogP contribution in [0.5, 0.6) is 0 Å². The summed E-state index contributed by atoms with van der Waals surface area (Å²) in [4.78, 5) is 60.8. The zero-order valence-corrected chi connectivity index (χ0v) is 17.9. The van der Waals surface area contributed by atoms with Gasteiger partial charge in [0.2, 0.25) is 5.78 Å². The lowest BCUT2D eigenvalue weighted by Gasteiger charge is -2.27. The van der Waals surface area contributed by atoms with Crippen molar-refractivity contribution in [2.45, 2.75) is 12.5 Å². The molecule has 0 aliphatic carbocycles. The van der Waals surface area contributed by atoms with Crippen LogP contribution in [0.4, 0.5) is 0 Å². The molecule has 8 nitrogen and oxygen atoms in total. The van der Waals surface area contributed by atoms with E-state index in [1.165, 1.54) is 36.5 Å². The lowest BCUT2D eigenvalue weighted by Crippen LogP contribution is -2.32. The van der Waals surface area contributed by atoms with Crippen LogP contribution in [-0.4, -0.2) is 52.0 Å². The topological polar surface area (TPSA) is 107 Å². The molecule has 1 amide bonds. The van der Waals surface area contributed by atoms with Crippen LogP contribution in [0.25, 0.3) is 0 Å². The highest BCUT2D eigenvalue weighted by molar-refractivity contribution is 6.44. The molecule has 2 atom stereocenters. The molecule has 3 heterocycles. The average Bonchev–Trinajstić information content (AvgIpc) is 3.12. The van der Waals surface area contributed by atoms with Gasteiger partial charge in [0.15, 0.2) is 5.78 Å². The minimum absolute atomic E-state index is 0.213. The van der Waals surface area contributed by atoms with Crippen molar-refractivity contribution in [1.29, 1.82) is 0 Å². The van der Waals surface area contributed by atoms with Gasteiger partial charge in [0.05, 0.1) is 18.7 Å². The Morgan fingerprint density at radius 1 is 0.939 bits per heavy atom. The summed E-state index contributed by atoms with van der Waals surface area (Å²) in [6, 6.07) is 14.1. The number of ether oxygens (including phenoxy) is 1. The third-order valence-corrected chi connectivity index (χ3v) is 5.66. The lowest BCUT2D eigenvalue weighted by molar-refractivity contribution is -0.140. The van der Waals surface area contributed by atoms with Gasteiger partial charge < -0.3 is 9.64 Å². The summed E-state index contributed by atoms with van der Waals surface area (Å²) in [7, 11) is 1.29. The molecule has 0 spiro atoms. The second-order valence-corrected chi connectivity index (χ2v) is 7.57. The van der Waals surface area contributed by atoms with Gasteiger partial charge >= 0.3 is 5.97 Å². The molecule has 4 rings (SSSR count). The van der Waals surface area contributed by atoms with Crippen LogP contribution < -0.4 is 0 Å². The average molecular weight is 443 g/mol. The van der Waals surface area contributed by atoms with Gasteiger partial charge in [-0.2, -0.15) is 0 Å². The van der Waals surface area contributed by atoms with Crippen LogP contribution in [0.2, 0.25) is 0 Å². The predicted molar refractivity (Wildman–Crippen MR) is 117 cm³/mol. The third kappa shape index (κ3) is 4.41. The van der Waals surface area contributed by atoms with E-state index in [1.807, 2.05) is 12.1 Å². The molecule has 0 bridgehead atoms. The molecule has 1 fully saturated rings. The molecule has 0 radical (unpaired) electrons. The number of amides is 1. The first-order chi connectivity index (χ1) is 16.0. The number of pyridine rings is 2. The minimum Gasteiger partial charge on any atom is -0.465 e. The molecule has 1 aliphatic heterocycles. The summed E-state index contributed by atoms with van der Waals surface area (Å²) in [6.07, 6.45) is 5.01. The number of esters is 1. The Morgan fingerprint density at radius 3 is 2.30 bits per heavy atom. The Kier molecular flexibility index (Phi) is 6.35. The van der Waals surface area contributed by atoms with E-state index < -0.39 is 35.4 Å². The van der Waals surface area contributed by atoms with Crippen molar-refractivity contribution in [3.8, 4) is 0 Å². The van der Waals surface area contributed by atoms with Gasteiger partial charge in [-0.05, 0) is 42.0 Å². The second kappa shape index (κ2) is 9.52. The summed E-state index contributed by atoms with van der Waals surface area (Å²) in [5.41, 5.74) is 1.98. The Labute approximate surface area is 190 Å². The van der Waals surface area contributed by atoms with Crippen molar-refractivity contribution in [3.05, 3.63) is 95.6 Å². The number of nitrogens with zero attached hydrogens (tertiary/aromatic N) is 3. The molecule has 3 aromatic rings. The number of aromatic nitrogens is 2. The first-order valence-electron chi connectivity index (χ1n) is 10.4. The fraction of sp³-hybridized carbons (Fsp3) is 0.200. The van der Waals surface area contributed by atoms with Crippen LogP contribution in [0.15, 0.2) is 73.2 Å². The molecule has 166 valence electrons. The molecule has 1 aromatic carbocycles. The van der Waals surface area contributed by atoms with Crippen LogP contribution in [-0.2, 0) is 20.7 Å². The van der Waals surface area contributed by atoms with Crippen molar-refractivity contribution in [2.24, 2.45) is 5.92 Å². The maximum atomic E-state index is 13.3. The fourth-order valence-corrected chi connectivity index (χ4v) is 4.01. The highest BCUT2D eigenvalue weighted by atomic mass is 16.5. The van der Waals surface area contributed by atoms with E-state index in [4.69, 9.17) is 4.74 Å². The van der Waals surface area contributed by atoms with Gasteiger partial charge in [0.1, 0.15) is 5.92 Å². The largest absolute Gasteiger partial charge is 0.465 e. The molecular formula is C25H21N3O5. The first-order valence-corrected chi connectivity index (χ1v) is 10.4. The summed E-state index contributed by atoms with van der Waals surface area (Å²) >= 11 is 0. The molecule has 8 heteroatoms. The second-order valence-electron chi connectivity index (χ2n) is 7.57. The third-order valence-electron chi connectivity index (χ3n) is 5.66. The Morgan fingerprint density at radius 2 is 1.67 bits per heavy atom. The maximum absolute atomic E-state index is 13.3. The minimum atomic E-state index is -1.20. The zero-order valence-electron chi connectivity index (χ0n) is 17.9. The number of hydrogen-bond donors (Lipinski definition) is 0. The number of carbonyl (C=O) groups is 4. The van der Waals surface area contributed by atoms with Crippen LogP contribution in [0, 0.1) is 5.92 Å². The molecule has 1 saturated heterocycles. The van der Waals surface area contributed by atoms with E-state index in [2.05, 4.69) is 9.97 Å². The summed E-state index contributed by atoms with van der Waals surface area (Å²) in [6.45, 7) is 0.213. The van der Waals surface area contributed by atoms with Gasteiger partial charge in [0, 0.05) is 42.8 Å². The first kappa shape index (κ1) is 22.0. The molecule has 33 heavy (non-hydrogen) atoms. The van der Waals surface area contributed by atoms with E-state index in [1.54, 1.807) is 36.5 Å². The quantitative estimate of drug-likeness (QED) is 0.239. The lowest BCUT2D eigenvalue weighted by atomic mass is 9.86. The maximum Gasteiger partial charge on any atom is 0.337 e. The Balaban J connectivity index is 1.71. The highest BCUT2D eigenvalue weighted by Crippen LogP contribution is 2.38. The van der Waals surface area contributed by atoms with Crippen molar-refractivity contribution >= 4 is 23.4 Å². The molecule has 2 unspecified atom stereocenters.